The molecule has 5 nitrogen and oxygen atoms in total. The molecule has 0 fully saturated rings. The maximum absolute atomic E-state index is 12.0. The molecule has 1 rings (SSSR count). The first-order chi connectivity index (χ1) is 12.7. The molecule has 0 aliphatic rings. The molecule has 144 valence electrons. The minimum absolute atomic E-state index is 0.0263. The van der Waals surface area contributed by atoms with E-state index in [-0.39, 0.29) is 18.4 Å². The quantitative estimate of drug-likeness (QED) is 0.304. The number of aromatic nitrogens is 1. The van der Waals surface area contributed by atoms with Crippen LogP contribution < -0.4 is 15.2 Å². The van der Waals surface area contributed by atoms with Gasteiger partial charge in [-0.05, 0) is 12.5 Å². The number of hydrogen-bond acceptors (Lipinski definition) is 2. The van der Waals surface area contributed by atoms with Crippen molar-refractivity contribution in [3.63, 3.8) is 0 Å². The molecule has 0 saturated heterocycles. The summed E-state index contributed by atoms with van der Waals surface area (Å²) in [6.07, 6.45) is 15.1. The Morgan fingerprint density at radius 1 is 1.08 bits per heavy atom. The summed E-state index contributed by atoms with van der Waals surface area (Å²) in [7, 11) is 0. The van der Waals surface area contributed by atoms with E-state index in [1.165, 1.54) is 44.9 Å². The fourth-order valence-electron chi connectivity index (χ4n) is 2.73. The average Bonchev–Trinajstić information content (AvgIpc) is 2.65. The van der Waals surface area contributed by atoms with Gasteiger partial charge in [-0.3, -0.25) is 9.59 Å². The second-order valence-electron chi connectivity index (χ2n) is 6.59. The topological polar surface area (TPSA) is 62.1 Å². The van der Waals surface area contributed by atoms with Crippen molar-refractivity contribution in [2.24, 2.45) is 0 Å². The number of amides is 2. The Kier molecular flexibility index (Phi) is 11.8. The lowest BCUT2D eigenvalue weighted by molar-refractivity contribution is -0.684. The molecule has 5 heteroatoms. The highest BCUT2D eigenvalue weighted by Gasteiger charge is 2.12. The molecule has 0 spiro atoms. The first kappa shape index (κ1) is 21.9. The van der Waals surface area contributed by atoms with Crippen LogP contribution in [0.25, 0.3) is 0 Å². The molecule has 1 aromatic heterocycles. The van der Waals surface area contributed by atoms with Crippen molar-refractivity contribution in [3.8, 4) is 0 Å². The van der Waals surface area contributed by atoms with Gasteiger partial charge in [0.1, 0.15) is 5.56 Å². The van der Waals surface area contributed by atoms with E-state index in [1.807, 2.05) is 0 Å². The highest BCUT2D eigenvalue weighted by atomic mass is 16.2. The van der Waals surface area contributed by atoms with Gasteiger partial charge >= 0.3 is 0 Å². The summed E-state index contributed by atoms with van der Waals surface area (Å²) in [5.41, 5.74) is 0.533. The maximum atomic E-state index is 12.0. The van der Waals surface area contributed by atoms with Crippen molar-refractivity contribution in [2.45, 2.75) is 64.8 Å². The van der Waals surface area contributed by atoms with Crippen molar-refractivity contribution in [1.29, 1.82) is 0 Å². The van der Waals surface area contributed by atoms with Gasteiger partial charge in [0.05, 0.1) is 0 Å². The van der Waals surface area contributed by atoms with Gasteiger partial charge in [-0.2, -0.15) is 4.57 Å². The van der Waals surface area contributed by atoms with E-state index in [1.54, 1.807) is 35.2 Å². The summed E-state index contributed by atoms with van der Waals surface area (Å²) >= 11 is 0. The second kappa shape index (κ2) is 14.0. The van der Waals surface area contributed by atoms with Crippen LogP contribution in [0.1, 0.15) is 68.6 Å². The maximum Gasteiger partial charge on any atom is 0.285 e. The molecule has 0 radical (unpaired) electrons. The minimum Gasteiger partial charge on any atom is -0.351 e. The van der Waals surface area contributed by atoms with Crippen LogP contribution in [0.3, 0.4) is 0 Å². The summed E-state index contributed by atoms with van der Waals surface area (Å²) in [6.45, 7) is 7.17. The summed E-state index contributed by atoms with van der Waals surface area (Å²) in [6, 6.07) is 3.50. The highest BCUT2D eigenvalue weighted by Crippen LogP contribution is 2.07. The van der Waals surface area contributed by atoms with E-state index in [4.69, 9.17) is 0 Å². The number of nitrogens with one attached hydrogen (secondary N) is 2. The molecule has 0 unspecified atom stereocenters. The Morgan fingerprint density at radius 2 is 1.77 bits per heavy atom. The smallest absolute Gasteiger partial charge is 0.285 e. The molecule has 2 N–H and O–H groups in total. The first-order valence-corrected chi connectivity index (χ1v) is 9.82. The van der Waals surface area contributed by atoms with Crippen LogP contribution >= 0.6 is 0 Å². The molecule has 0 aliphatic carbocycles. The largest absolute Gasteiger partial charge is 0.351 e. The Bertz CT molecular complexity index is 558. The molecule has 0 bridgehead atoms. The number of unbranched alkanes of at least 4 members (excludes halogenated alkanes) is 7. The molecule has 0 atom stereocenters. The molecule has 0 saturated carbocycles. The summed E-state index contributed by atoms with van der Waals surface area (Å²) < 4.78 is 1.73. The third-order valence-corrected chi connectivity index (χ3v) is 4.21. The van der Waals surface area contributed by atoms with Crippen LogP contribution in [-0.4, -0.2) is 24.9 Å². The summed E-state index contributed by atoms with van der Waals surface area (Å²) in [4.78, 5) is 24.0. The number of rotatable bonds is 14. The number of carbonyl (C=O) groups is 2. The normalized spacial score (nSPS) is 10.3. The van der Waals surface area contributed by atoms with E-state index < -0.39 is 0 Å². The monoisotopic (exact) mass is 360 g/mol. The highest BCUT2D eigenvalue weighted by molar-refractivity contribution is 5.93. The minimum atomic E-state index is -0.168. The van der Waals surface area contributed by atoms with Crippen LogP contribution in [0.5, 0.6) is 0 Å². The van der Waals surface area contributed by atoms with Gasteiger partial charge in [0.25, 0.3) is 11.8 Å². The number of pyridine rings is 1. The van der Waals surface area contributed by atoms with Gasteiger partial charge in [-0.15, -0.1) is 6.58 Å². The lowest BCUT2D eigenvalue weighted by atomic mass is 10.1. The van der Waals surface area contributed by atoms with Crippen LogP contribution in [0.4, 0.5) is 0 Å². The van der Waals surface area contributed by atoms with Gasteiger partial charge in [-0.1, -0.05) is 57.9 Å². The summed E-state index contributed by atoms with van der Waals surface area (Å²) in [5.74, 6) is -0.194. The third-order valence-electron chi connectivity index (χ3n) is 4.21. The number of nitrogens with zero attached hydrogens (tertiary/aromatic N) is 1. The van der Waals surface area contributed by atoms with Crippen molar-refractivity contribution in [1.82, 2.24) is 10.6 Å². The number of hydrogen-bond donors (Lipinski definition) is 2. The van der Waals surface area contributed by atoms with Crippen LogP contribution in [0, 0.1) is 0 Å². The Balaban J connectivity index is 2.20. The molecule has 2 amide bonds. The first-order valence-electron chi connectivity index (χ1n) is 9.82. The SMILES string of the molecule is C=CCNC(=O)c1ccc[n+](CC(=O)NCCCCCCCCCC)c1. The molecule has 1 aromatic rings. The fourth-order valence-corrected chi connectivity index (χ4v) is 2.73. The van der Waals surface area contributed by atoms with E-state index in [0.29, 0.717) is 18.7 Å². The molecule has 26 heavy (non-hydrogen) atoms. The molecule has 0 aromatic carbocycles. The van der Waals surface area contributed by atoms with Crippen molar-refractivity contribution in [2.75, 3.05) is 13.1 Å². The lowest BCUT2D eigenvalue weighted by Gasteiger charge is -2.05. The van der Waals surface area contributed by atoms with Crippen LogP contribution in [0.2, 0.25) is 0 Å². The van der Waals surface area contributed by atoms with Gasteiger partial charge in [0.2, 0.25) is 6.54 Å². The van der Waals surface area contributed by atoms with Gasteiger partial charge < -0.3 is 10.6 Å². The zero-order valence-electron chi connectivity index (χ0n) is 16.1. The average molecular weight is 361 g/mol. The molecule has 0 aliphatic heterocycles. The Morgan fingerprint density at radius 3 is 2.46 bits per heavy atom. The number of carbonyl (C=O) groups excluding carboxylic acids is 2. The van der Waals surface area contributed by atoms with E-state index in [9.17, 15) is 9.59 Å². The predicted octanol–water partition coefficient (Wildman–Crippen LogP) is 3.15. The predicted molar refractivity (Wildman–Crippen MR) is 105 cm³/mol. The summed E-state index contributed by atoms with van der Waals surface area (Å²) in [5, 5.41) is 5.68. The zero-order chi connectivity index (χ0) is 19.0. The third kappa shape index (κ3) is 9.97. The Labute approximate surface area is 157 Å². The van der Waals surface area contributed by atoms with Crippen molar-refractivity contribution in [3.05, 3.63) is 42.7 Å². The molecular formula is C21H34N3O2+. The molecule has 1 heterocycles. The van der Waals surface area contributed by atoms with Gasteiger partial charge in [0, 0.05) is 19.2 Å². The van der Waals surface area contributed by atoms with E-state index in [0.717, 1.165) is 6.42 Å². The van der Waals surface area contributed by atoms with E-state index in [2.05, 4.69) is 24.1 Å². The van der Waals surface area contributed by atoms with Gasteiger partial charge in [-0.25, -0.2) is 0 Å². The lowest BCUT2D eigenvalue weighted by Crippen LogP contribution is -2.43. The van der Waals surface area contributed by atoms with Gasteiger partial charge in [0.15, 0.2) is 12.4 Å². The standard InChI is InChI=1S/C21H33N3O2/c1-3-5-6-7-8-9-10-11-15-22-20(25)18-24-16-12-13-19(17-24)21(26)23-14-4-2/h4,12-13,16-17H,2-3,5-11,14-15,18H2,1H3,(H-,22,23,25,26)/p+1. The van der Waals surface area contributed by atoms with Crippen LogP contribution in [-0.2, 0) is 11.3 Å². The molecular weight excluding hydrogens is 326 g/mol. The van der Waals surface area contributed by atoms with Crippen LogP contribution in [0.15, 0.2) is 37.2 Å². The Hall–Kier alpha value is -2.17. The fraction of sp³-hybridized carbons (Fsp3) is 0.571. The zero-order valence-corrected chi connectivity index (χ0v) is 16.1. The van der Waals surface area contributed by atoms with E-state index >= 15 is 0 Å². The second-order valence-corrected chi connectivity index (χ2v) is 6.59. The van der Waals surface area contributed by atoms with Crippen molar-refractivity contribution < 1.29 is 14.2 Å². The van der Waals surface area contributed by atoms with Crippen molar-refractivity contribution >= 4 is 11.8 Å².